The second-order valence-electron chi connectivity index (χ2n) is 16.5. The molecule has 1 atom stereocenters. The number of benzene rings is 2. The summed E-state index contributed by atoms with van der Waals surface area (Å²) in [6.45, 7) is 13.3. The molecule has 0 spiro atoms. The van der Waals surface area contributed by atoms with E-state index in [9.17, 15) is 19.2 Å². The Morgan fingerprint density at radius 2 is 1.72 bits per heavy atom. The number of anilines is 2. The third-order valence-electron chi connectivity index (χ3n) is 12.8. The van der Waals surface area contributed by atoms with Crippen LogP contribution in [-0.2, 0) is 16.1 Å². The number of hydrogen-bond donors (Lipinski definition) is 2. The number of carbonyl (C=O) groups is 4. The maximum Gasteiger partial charge on any atom is 0.272 e. The first kappa shape index (κ1) is 39.3. The molecule has 0 radical (unpaired) electrons. The zero-order chi connectivity index (χ0) is 41.3. The van der Waals surface area contributed by atoms with Gasteiger partial charge in [-0.05, 0) is 98.9 Å². The van der Waals surface area contributed by atoms with Crippen LogP contribution in [0, 0.1) is 18.3 Å². The van der Waals surface area contributed by atoms with E-state index in [1.165, 1.54) is 11.0 Å². The number of fused-ring (bicyclic) bond motifs is 2. The number of carbonyl (C=O) groups excluding carboxylic acids is 4. The molecule has 2 N–H and O–H groups in total. The molecule has 1 aliphatic carbocycles. The average Bonchev–Trinajstić information content (AvgIpc) is 3.58. The molecule has 5 aliphatic rings. The van der Waals surface area contributed by atoms with Crippen LogP contribution in [0.1, 0.15) is 77.8 Å². The lowest BCUT2D eigenvalue weighted by molar-refractivity contribution is -0.136. The lowest BCUT2D eigenvalue weighted by atomic mass is 9.92. The maximum absolute atomic E-state index is 15.4. The number of amides is 4. The molecule has 1 saturated carbocycles. The summed E-state index contributed by atoms with van der Waals surface area (Å²) in [5.41, 5.74) is 2.91. The highest BCUT2D eigenvalue weighted by molar-refractivity contribution is 6.05. The number of halogens is 1. The lowest BCUT2D eigenvalue weighted by Crippen LogP contribution is -2.52. The smallest absolute Gasteiger partial charge is 0.272 e. The molecule has 4 fully saturated rings. The third-order valence-corrected chi connectivity index (χ3v) is 12.8. The van der Waals surface area contributed by atoms with Crippen LogP contribution >= 0.6 is 0 Å². The van der Waals surface area contributed by atoms with E-state index < -0.39 is 17.8 Å². The van der Waals surface area contributed by atoms with Gasteiger partial charge in [-0.15, -0.1) is 10.2 Å². The van der Waals surface area contributed by atoms with Gasteiger partial charge in [0, 0.05) is 82.0 Å². The van der Waals surface area contributed by atoms with Crippen molar-refractivity contribution in [3.63, 3.8) is 0 Å². The highest BCUT2D eigenvalue weighted by atomic mass is 19.1. The predicted octanol–water partition coefficient (Wildman–Crippen LogP) is 4.63. The Labute approximate surface area is 347 Å². The largest absolute Gasteiger partial charge is 0.490 e. The zero-order valence-electron chi connectivity index (χ0n) is 33.3. The van der Waals surface area contributed by atoms with E-state index in [2.05, 4.69) is 40.5 Å². The summed E-state index contributed by atoms with van der Waals surface area (Å²) in [5.74, 6) is 0.150. The summed E-state index contributed by atoms with van der Waals surface area (Å²) in [4.78, 5) is 66.4. The van der Waals surface area contributed by atoms with Crippen molar-refractivity contribution in [3.8, 4) is 5.75 Å². The minimum absolute atomic E-state index is 0.0138. The minimum Gasteiger partial charge on any atom is -0.490 e. The number of pyridine rings is 1. The first-order valence-corrected chi connectivity index (χ1v) is 21.0. The van der Waals surface area contributed by atoms with Crippen molar-refractivity contribution in [2.24, 2.45) is 5.92 Å². The van der Waals surface area contributed by atoms with Gasteiger partial charge in [0.05, 0.1) is 23.9 Å². The summed E-state index contributed by atoms with van der Waals surface area (Å²) in [5, 5.41) is 15.0. The van der Waals surface area contributed by atoms with Gasteiger partial charge in [-0.3, -0.25) is 34.4 Å². The van der Waals surface area contributed by atoms with Crippen LogP contribution < -0.4 is 25.2 Å². The molecule has 4 aliphatic heterocycles. The van der Waals surface area contributed by atoms with Gasteiger partial charge in [0.15, 0.2) is 11.5 Å². The quantitative estimate of drug-likeness (QED) is 0.179. The average molecular weight is 815 g/mol. The van der Waals surface area contributed by atoms with E-state index in [-0.39, 0.29) is 54.8 Å². The molecule has 15 nitrogen and oxygen atoms in total. The molecule has 6 heterocycles. The first-order chi connectivity index (χ1) is 29.2. The number of rotatable bonds is 9. The molecule has 0 unspecified atom stereocenters. The van der Waals surface area contributed by atoms with Crippen molar-refractivity contribution in [1.82, 2.24) is 35.6 Å². The molecule has 3 saturated heterocycles. The first-order valence-electron chi connectivity index (χ1n) is 21.0. The highest BCUT2D eigenvalue weighted by Gasteiger charge is 2.40. The van der Waals surface area contributed by atoms with E-state index in [0.717, 1.165) is 88.2 Å². The molecule has 4 aromatic rings. The topological polar surface area (TPSA) is 158 Å². The zero-order valence-corrected chi connectivity index (χ0v) is 33.3. The molecular weight excluding hydrogens is 768 g/mol. The fourth-order valence-corrected chi connectivity index (χ4v) is 9.40. The van der Waals surface area contributed by atoms with Crippen LogP contribution in [0.5, 0.6) is 5.75 Å². The summed E-state index contributed by atoms with van der Waals surface area (Å²) >= 11 is 0. The molecule has 2 aromatic heterocycles. The summed E-state index contributed by atoms with van der Waals surface area (Å²) in [6, 6.07) is 13.3. The van der Waals surface area contributed by atoms with Gasteiger partial charge >= 0.3 is 0 Å². The molecule has 9 rings (SSSR count). The van der Waals surface area contributed by atoms with Crippen LogP contribution in [-0.4, -0.2) is 113 Å². The van der Waals surface area contributed by atoms with Crippen molar-refractivity contribution in [2.45, 2.75) is 76.1 Å². The number of ether oxygens (including phenoxy) is 1. The van der Waals surface area contributed by atoms with Gasteiger partial charge in [-0.25, -0.2) is 9.24 Å². The Bertz CT molecular complexity index is 2350. The molecule has 4 amide bonds. The van der Waals surface area contributed by atoms with E-state index in [0.29, 0.717) is 47.2 Å². The number of piperazine rings is 1. The van der Waals surface area contributed by atoms with E-state index in [1.54, 1.807) is 24.4 Å². The molecule has 0 bridgehead atoms. The maximum atomic E-state index is 15.4. The van der Waals surface area contributed by atoms with Crippen LogP contribution in [0.15, 0.2) is 54.7 Å². The van der Waals surface area contributed by atoms with Crippen molar-refractivity contribution >= 4 is 51.7 Å². The van der Waals surface area contributed by atoms with E-state index in [4.69, 9.17) is 11.3 Å². The van der Waals surface area contributed by atoms with Crippen LogP contribution in [0.3, 0.4) is 0 Å². The minimum atomic E-state index is -0.731. The standard InChI is InChI=1S/C44H47FN10O5/c1-46-34-8-11-38(31-3-2-16-47-41(31)34)60-30-6-4-29(5-7-30)48-42(57)35-9-12-39(51-50-35)54-17-14-27(15-18-54)25-52-19-21-53(22-20-52)37-23-28-26-55(44(59)32(28)24-33(37)45)36-10-13-40(56)49-43(36)58/h2-3,8-9,11-12,16,23-24,27,29-30,36H,4-7,10,13-15,17-22,25-26H2,(H,48,57)(H,49,56,58)/t29?,30?,36-/m0/s1. The number of aromatic nitrogens is 3. The lowest BCUT2D eigenvalue weighted by Gasteiger charge is -2.40. The van der Waals surface area contributed by atoms with Gasteiger partial charge in [-0.2, -0.15) is 0 Å². The van der Waals surface area contributed by atoms with Gasteiger partial charge < -0.3 is 24.8 Å². The number of nitrogens with zero attached hydrogens (tertiary/aromatic N) is 8. The van der Waals surface area contributed by atoms with Gasteiger partial charge in [0.25, 0.3) is 11.8 Å². The van der Waals surface area contributed by atoms with Gasteiger partial charge in [0.2, 0.25) is 17.5 Å². The molecule has 16 heteroatoms. The fourth-order valence-electron chi connectivity index (χ4n) is 9.40. The Morgan fingerprint density at radius 3 is 2.45 bits per heavy atom. The normalized spacial score (nSPS) is 22.7. The molecule has 310 valence electrons. The van der Waals surface area contributed by atoms with Crippen LogP contribution in [0.2, 0.25) is 0 Å². The summed E-state index contributed by atoms with van der Waals surface area (Å²) in [6.07, 6.45) is 7.31. The number of hydrogen-bond acceptors (Lipinski definition) is 11. The number of nitrogens with one attached hydrogen (secondary N) is 2. The second-order valence-corrected chi connectivity index (χ2v) is 16.5. The third kappa shape index (κ3) is 8.05. The summed E-state index contributed by atoms with van der Waals surface area (Å²) in [7, 11) is 0. The Balaban J connectivity index is 0.702. The van der Waals surface area contributed by atoms with Crippen molar-refractivity contribution in [3.05, 3.63) is 88.8 Å². The molecular formula is C44H47FN10O5. The highest BCUT2D eigenvalue weighted by Crippen LogP contribution is 2.35. The van der Waals surface area contributed by atoms with Crippen LogP contribution in [0.4, 0.5) is 21.6 Å². The van der Waals surface area contributed by atoms with Crippen LogP contribution in [0.25, 0.3) is 15.7 Å². The van der Waals surface area contributed by atoms with Crippen molar-refractivity contribution in [1.29, 1.82) is 0 Å². The number of imide groups is 1. The SMILES string of the molecule is [C-]#[N+]c1ccc(OC2CCC(NC(=O)c3ccc(N4CCC(CN5CCN(c6cc7c(cc6F)C(=O)N([C@H]6CCC(=O)NC6=O)C7)CC5)CC4)nn3)CC2)c2cccnc12. The predicted molar refractivity (Wildman–Crippen MR) is 220 cm³/mol. The summed E-state index contributed by atoms with van der Waals surface area (Å²) < 4.78 is 21.8. The van der Waals surface area contributed by atoms with Gasteiger partial charge in [-0.1, -0.05) is 6.07 Å². The Kier molecular flexibility index (Phi) is 11.0. The number of piperidine rings is 2. The fraction of sp³-hybridized carbons (Fsp3) is 0.455. The van der Waals surface area contributed by atoms with E-state index >= 15 is 4.39 Å². The van der Waals surface area contributed by atoms with Crippen molar-refractivity contribution in [2.75, 3.05) is 55.6 Å². The van der Waals surface area contributed by atoms with Gasteiger partial charge in [0.1, 0.15) is 17.6 Å². The van der Waals surface area contributed by atoms with E-state index in [1.807, 2.05) is 29.2 Å². The molecule has 2 aromatic carbocycles. The molecule has 60 heavy (non-hydrogen) atoms. The monoisotopic (exact) mass is 814 g/mol. The second kappa shape index (κ2) is 16.8. The Morgan fingerprint density at radius 1 is 0.917 bits per heavy atom. The van der Waals surface area contributed by atoms with Crippen molar-refractivity contribution < 1.29 is 28.3 Å². The Hall–Kier alpha value is -6.21.